The van der Waals surface area contributed by atoms with Gasteiger partial charge in [0.15, 0.2) is 11.5 Å². The second kappa shape index (κ2) is 15.9. The molecule has 0 spiro atoms. The molecule has 42 heavy (non-hydrogen) atoms. The van der Waals surface area contributed by atoms with Crippen LogP contribution in [0.2, 0.25) is 5.04 Å². The number of aliphatic hydroxyl groups is 1. The highest BCUT2D eigenvalue weighted by Crippen LogP contribution is 2.37. The topological polar surface area (TPSA) is 77.0 Å². The molecule has 0 saturated carbocycles. The van der Waals surface area contributed by atoms with Gasteiger partial charge in [-0.3, -0.25) is 4.79 Å². The van der Waals surface area contributed by atoms with E-state index in [1.165, 1.54) is 10.4 Å². The molecule has 3 rings (SSSR count). The first-order valence-corrected chi connectivity index (χ1v) is 16.9. The fraction of sp³-hybridized carbons (Fsp3) is 0.457. The summed E-state index contributed by atoms with van der Waals surface area (Å²) < 4.78 is 17.8. The minimum absolute atomic E-state index is 0.00201. The zero-order valence-corrected chi connectivity index (χ0v) is 27.2. The van der Waals surface area contributed by atoms with Crippen molar-refractivity contribution >= 4 is 24.6 Å². The van der Waals surface area contributed by atoms with Crippen molar-refractivity contribution in [1.29, 1.82) is 0 Å². The number of carbonyl (C=O) groups is 1. The Morgan fingerprint density at radius 1 is 0.881 bits per heavy atom. The third-order valence-corrected chi connectivity index (χ3v) is 13.3. The Hall–Kier alpha value is -3.13. The summed E-state index contributed by atoms with van der Waals surface area (Å²) in [4.78, 5) is 13.1. The third-order valence-electron chi connectivity index (χ3n) is 8.28. The first-order chi connectivity index (χ1) is 20.2. The molecule has 0 aliphatic rings. The van der Waals surface area contributed by atoms with Crippen molar-refractivity contribution in [2.24, 2.45) is 11.8 Å². The van der Waals surface area contributed by atoms with Crippen LogP contribution in [0.15, 0.2) is 78.9 Å². The average Bonchev–Trinajstić information content (AvgIpc) is 3.00. The molecule has 0 bridgehead atoms. The molecule has 0 heterocycles. The number of nitrogens with one attached hydrogen (secondary N) is 1. The Morgan fingerprint density at radius 2 is 1.48 bits per heavy atom. The van der Waals surface area contributed by atoms with Crippen molar-refractivity contribution in [3.05, 3.63) is 84.4 Å². The van der Waals surface area contributed by atoms with Crippen LogP contribution in [-0.4, -0.2) is 53.3 Å². The van der Waals surface area contributed by atoms with Crippen LogP contribution < -0.4 is 25.2 Å². The minimum Gasteiger partial charge on any atom is -0.493 e. The van der Waals surface area contributed by atoms with Gasteiger partial charge in [0.05, 0.1) is 14.2 Å². The fourth-order valence-corrected chi connectivity index (χ4v) is 10.5. The molecule has 0 aliphatic carbocycles. The van der Waals surface area contributed by atoms with E-state index < -0.39 is 8.32 Å². The van der Waals surface area contributed by atoms with Gasteiger partial charge in [0.25, 0.3) is 8.32 Å². The molecule has 7 heteroatoms. The molecule has 0 saturated heterocycles. The van der Waals surface area contributed by atoms with Crippen molar-refractivity contribution in [2.75, 3.05) is 34.0 Å². The molecule has 1 amide bonds. The highest BCUT2D eigenvalue weighted by atomic mass is 28.4. The quantitative estimate of drug-likeness (QED) is 0.220. The maximum absolute atomic E-state index is 13.1. The SMILES string of the molecule is CC[C@@H](CO)[C@@H](CCO[Si](c1ccccc1)(c1ccccc1)C(C)(C)C)CC(=O)NCCc1ccc(OC)c(OC)c1. The van der Waals surface area contributed by atoms with Gasteiger partial charge in [-0.2, -0.15) is 0 Å². The molecule has 2 N–H and O–H groups in total. The smallest absolute Gasteiger partial charge is 0.261 e. The Morgan fingerprint density at radius 3 is 1.98 bits per heavy atom. The van der Waals surface area contributed by atoms with Gasteiger partial charge in [-0.1, -0.05) is 101 Å². The number of rotatable bonds is 16. The standard InChI is InChI=1S/C35H49NO5Si/c1-7-28(26-37)29(25-34(38)36-22-20-27-18-19-32(39-5)33(24-27)40-6)21-23-41-42(35(2,3)4,30-14-10-8-11-15-30)31-16-12-9-13-17-31/h8-19,24,28-29,37H,7,20-23,25-26H2,1-6H3,(H,36,38)/t28-,29-/m0/s1. The van der Waals surface area contributed by atoms with Gasteiger partial charge in [-0.25, -0.2) is 0 Å². The second-order valence-electron chi connectivity index (χ2n) is 11.9. The van der Waals surface area contributed by atoms with E-state index in [0.29, 0.717) is 43.9 Å². The summed E-state index contributed by atoms with van der Waals surface area (Å²) in [6.45, 7) is 9.98. The number of benzene rings is 3. The summed E-state index contributed by atoms with van der Waals surface area (Å²) in [6, 6.07) is 27.0. The number of carbonyl (C=O) groups excluding carboxylic acids is 1. The summed E-state index contributed by atoms with van der Waals surface area (Å²) in [5, 5.41) is 15.6. The van der Waals surface area contributed by atoms with Gasteiger partial charge in [-0.05, 0) is 57.8 Å². The summed E-state index contributed by atoms with van der Waals surface area (Å²) in [5.74, 6) is 1.40. The molecular weight excluding hydrogens is 542 g/mol. The number of methoxy groups -OCH3 is 2. The van der Waals surface area contributed by atoms with Crippen LogP contribution in [0.3, 0.4) is 0 Å². The van der Waals surface area contributed by atoms with Crippen molar-refractivity contribution in [2.45, 2.75) is 58.4 Å². The summed E-state index contributed by atoms with van der Waals surface area (Å²) in [5.41, 5.74) is 1.06. The lowest BCUT2D eigenvalue weighted by atomic mass is 9.85. The first kappa shape index (κ1) is 33.4. The largest absolute Gasteiger partial charge is 0.493 e. The number of ether oxygens (including phenoxy) is 2. The zero-order valence-electron chi connectivity index (χ0n) is 26.2. The average molecular weight is 592 g/mol. The second-order valence-corrected chi connectivity index (χ2v) is 16.2. The van der Waals surface area contributed by atoms with E-state index in [2.05, 4.69) is 81.5 Å². The molecule has 6 nitrogen and oxygen atoms in total. The van der Waals surface area contributed by atoms with Crippen LogP contribution in [0.5, 0.6) is 11.5 Å². The molecule has 2 atom stereocenters. The van der Waals surface area contributed by atoms with Crippen molar-refractivity contribution in [3.8, 4) is 11.5 Å². The van der Waals surface area contributed by atoms with Crippen molar-refractivity contribution in [1.82, 2.24) is 5.32 Å². The van der Waals surface area contributed by atoms with Crippen LogP contribution in [0.1, 0.15) is 52.5 Å². The molecular formula is C35H49NO5Si. The summed E-state index contributed by atoms with van der Waals surface area (Å²) in [7, 11) is 0.565. The molecule has 0 radical (unpaired) electrons. The van der Waals surface area contributed by atoms with Crippen LogP contribution in [0, 0.1) is 11.8 Å². The predicted molar refractivity (Wildman–Crippen MR) is 173 cm³/mol. The van der Waals surface area contributed by atoms with Gasteiger partial charge < -0.3 is 24.3 Å². The Bertz CT molecular complexity index is 1190. The van der Waals surface area contributed by atoms with E-state index in [9.17, 15) is 9.90 Å². The van der Waals surface area contributed by atoms with E-state index in [0.717, 1.165) is 12.0 Å². The number of hydrogen-bond donors (Lipinski definition) is 2. The van der Waals surface area contributed by atoms with Crippen LogP contribution in [0.4, 0.5) is 0 Å². The van der Waals surface area contributed by atoms with Crippen LogP contribution >= 0.6 is 0 Å². The minimum atomic E-state index is -2.67. The zero-order chi connectivity index (χ0) is 30.6. The monoisotopic (exact) mass is 591 g/mol. The predicted octanol–water partition coefficient (Wildman–Crippen LogP) is 5.35. The highest BCUT2D eigenvalue weighted by Gasteiger charge is 2.50. The Labute approximate surface area is 253 Å². The third kappa shape index (κ3) is 8.24. The van der Waals surface area contributed by atoms with Crippen LogP contribution in [-0.2, 0) is 15.6 Å². The molecule has 0 fully saturated rings. The number of aliphatic hydroxyl groups excluding tert-OH is 1. The van der Waals surface area contributed by atoms with E-state index in [-0.39, 0.29) is 29.4 Å². The molecule has 3 aromatic carbocycles. The van der Waals surface area contributed by atoms with E-state index in [4.69, 9.17) is 13.9 Å². The Kier molecular flexibility index (Phi) is 12.6. The van der Waals surface area contributed by atoms with E-state index in [1.54, 1.807) is 14.2 Å². The molecule has 228 valence electrons. The van der Waals surface area contributed by atoms with Gasteiger partial charge in [0, 0.05) is 26.2 Å². The molecule has 0 unspecified atom stereocenters. The van der Waals surface area contributed by atoms with Gasteiger partial charge in [0.1, 0.15) is 0 Å². The fourth-order valence-electron chi connectivity index (χ4n) is 5.93. The maximum atomic E-state index is 13.1. The maximum Gasteiger partial charge on any atom is 0.261 e. The highest BCUT2D eigenvalue weighted by molar-refractivity contribution is 6.99. The lowest BCUT2D eigenvalue weighted by molar-refractivity contribution is -0.122. The van der Waals surface area contributed by atoms with Gasteiger partial charge >= 0.3 is 0 Å². The summed E-state index contributed by atoms with van der Waals surface area (Å²) >= 11 is 0. The van der Waals surface area contributed by atoms with Crippen molar-refractivity contribution < 1.29 is 23.8 Å². The molecule has 0 aliphatic heterocycles. The Balaban J connectivity index is 1.71. The van der Waals surface area contributed by atoms with Gasteiger partial charge in [-0.15, -0.1) is 0 Å². The first-order valence-electron chi connectivity index (χ1n) is 15.0. The molecule has 3 aromatic rings. The van der Waals surface area contributed by atoms with E-state index in [1.807, 2.05) is 30.3 Å². The van der Waals surface area contributed by atoms with E-state index >= 15 is 0 Å². The number of amides is 1. The lowest BCUT2D eigenvalue weighted by Gasteiger charge is -2.43. The normalized spacial score (nSPS) is 13.3. The molecule has 0 aromatic heterocycles. The number of hydrogen-bond acceptors (Lipinski definition) is 5. The van der Waals surface area contributed by atoms with Crippen molar-refractivity contribution in [3.63, 3.8) is 0 Å². The lowest BCUT2D eigenvalue weighted by Crippen LogP contribution is -2.66. The summed E-state index contributed by atoms with van der Waals surface area (Å²) in [6.07, 6.45) is 2.55. The van der Waals surface area contributed by atoms with Crippen LogP contribution in [0.25, 0.3) is 0 Å². The van der Waals surface area contributed by atoms with Gasteiger partial charge in [0.2, 0.25) is 5.91 Å².